The molecular formula is C26H20N2O2. The minimum atomic E-state index is -0.860. The van der Waals surface area contributed by atoms with Crippen molar-refractivity contribution in [3.63, 3.8) is 0 Å². The first kappa shape index (κ1) is 18.1. The van der Waals surface area contributed by atoms with Gasteiger partial charge in [0, 0.05) is 11.5 Å². The van der Waals surface area contributed by atoms with Crippen molar-refractivity contribution in [1.82, 2.24) is 5.32 Å². The SMILES string of the molecule is NC(=O)[C@@H](NC(=O)c1cccc2ccccc12)C1c2ccccc2-c2ccccc21. The second-order valence-electron chi connectivity index (χ2n) is 7.53. The van der Waals surface area contributed by atoms with Gasteiger partial charge in [0.05, 0.1) is 0 Å². The number of carbonyl (C=O) groups excluding carboxylic acids is 2. The number of fused-ring (bicyclic) bond motifs is 4. The number of primary amides is 1. The Kier molecular flexibility index (Phi) is 4.32. The van der Waals surface area contributed by atoms with Crippen LogP contribution in [0.2, 0.25) is 0 Å². The van der Waals surface area contributed by atoms with Gasteiger partial charge < -0.3 is 11.1 Å². The van der Waals surface area contributed by atoms with Crippen molar-refractivity contribution in [2.45, 2.75) is 12.0 Å². The van der Waals surface area contributed by atoms with E-state index in [0.717, 1.165) is 33.0 Å². The van der Waals surface area contributed by atoms with Crippen LogP contribution in [0, 0.1) is 0 Å². The average Bonchev–Trinajstić information content (AvgIpc) is 3.11. The molecule has 4 nitrogen and oxygen atoms in total. The maximum absolute atomic E-state index is 13.2. The van der Waals surface area contributed by atoms with E-state index in [-0.39, 0.29) is 11.8 Å². The first-order chi connectivity index (χ1) is 14.6. The Morgan fingerprint density at radius 2 is 1.30 bits per heavy atom. The van der Waals surface area contributed by atoms with Crippen LogP contribution in [-0.2, 0) is 4.79 Å². The normalized spacial score (nSPS) is 13.5. The number of hydrogen-bond donors (Lipinski definition) is 2. The summed E-state index contributed by atoms with van der Waals surface area (Å²) in [7, 11) is 0. The molecule has 0 aliphatic heterocycles. The molecule has 146 valence electrons. The van der Waals surface area contributed by atoms with Crippen molar-refractivity contribution in [2.75, 3.05) is 0 Å². The number of hydrogen-bond acceptors (Lipinski definition) is 2. The number of nitrogens with two attached hydrogens (primary N) is 1. The van der Waals surface area contributed by atoms with E-state index in [1.54, 1.807) is 6.07 Å². The van der Waals surface area contributed by atoms with Crippen LogP contribution in [0.15, 0.2) is 91.0 Å². The second-order valence-corrected chi connectivity index (χ2v) is 7.53. The van der Waals surface area contributed by atoms with Crippen LogP contribution < -0.4 is 11.1 Å². The molecular weight excluding hydrogens is 372 g/mol. The smallest absolute Gasteiger partial charge is 0.252 e. The lowest BCUT2D eigenvalue weighted by molar-refractivity contribution is -0.120. The summed E-state index contributed by atoms with van der Waals surface area (Å²) < 4.78 is 0. The zero-order chi connectivity index (χ0) is 20.7. The highest BCUT2D eigenvalue weighted by molar-refractivity contribution is 6.08. The van der Waals surface area contributed by atoms with Gasteiger partial charge in [0.25, 0.3) is 5.91 Å². The molecule has 0 saturated heterocycles. The summed E-state index contributed by atoms with van der Waals surface area (Å²) in [5.74, 6) is -1.19. The van der Waals surface area contributed by atoms with E-state index in [1.807, 2.05) is 84.9 Å². The van der Waals surface area contributed by atoms with Gasteiger partial charge in [-0.1, -0.05) is 84.9 Å². The quantitative estimate of drug-likeness (QED) is 0.545. The highest BCUT2D eigenvalue weighted by Gasteiger charge is 2.38. The number of benzene rings is 4. The summed E-state index contributed by atoms with van der Waals surface area (Å²) in [6.07, 6.45) is 0. The van der Waals surface area contributed by atoms with E-state index in [0.29, 0.717) is 5.56 Å². The van der Waals surface area contributed by atoms with Crippen LogP contribution in [0.5, 0.6) is 0 Å². The predicted molar refractivity (Wildman–Crippen MR) is 118 cm³/mol. The summed E-state index contributed by atoms with van der Waals surface area (Å²) >= 11 is 0. The minimum Gasteiger partial charge on any atom is -0.368 e. The molecule has 2 amide bonds. The Bertz CT molecular complexity index is 1240. The van der Waals surface area contributed by atoms with E-state index >= 15 is 0 Å². The van der Waals surface area contributed by atoms with Crippen LogP contribution >= 0.6 is 0 Å². The summed E-state index contributed by atoms with van der Waals surface area (Å²) in [5.41, 5.74) is 10.5. The fraction of sp³-hybridized carbons (Fsp3) is 0.0769. The molecule has 4 aromatic carbocycles. The Balaban J connectivity index is 1.57. The molecule has 0 spiro atoms. The Hall–Kier alpha value is -3.92. The Morgan fingerprint density at radius 3 is 1.97 bits per heavy atom. The molecule has 0 fully saturated rings. The maximum Gasteiger partial charge on any atom is 0.252 e. The highest BCUT2D eigenvalue weighted by Crippen LogP contribution is 2.46. The number of carbonyl (C=O) groups is 2. The zero-order valence-electron chi connectivity index (χ0n) is 16.2. The van der Waals surface area contributed by atoms with Crippen molar-refractivity contribution >= 4 is 22.6 Å². The van der Waals surface area contributed by atoms with Gasteiger partial charge >= 0.3 is 0 Å². The number of amides is 2. The lowest BCUT2D eigenvalue weighted by Crippen LogP contribution is -2.48. The standard InChI is InChI=1S/C26H20N2O2/c27-25(29)24(28-26(30)22-15-7-9-16-8-1-2-10-17(16)22)23-20-13-5-3-11-18(20)19-12-4-6-14-21(19)23/h1-15,23-24H,(H2,27,29)(H,28,30)/t24-/m0/s1. The van der Waals surface area contributed by atoms with Crippen molar-refractivity contribution in [3.8, 4) is 11.1 Å². The molecule has 5 rings (SSSR count). The first-order valence-electron chi connectivity index (χ1n) is 9.91. The molecule has 1 aliphatic carbocycles. The van der Waals surface area contributed by atoms with Crippen LogP contribution in [0.1, 0.15) is 27.4 Å². The molecule has 1 atom stereocenters. The average molecular weight is 392 g/mol. The first-order valence-corrected chi connectivity index (χ1v) is 9.91. The third-order valence-corrected chi connectivity index (χ3v) is 5.84. The predicted octanol–water partition coefficient (Wildman–Crippen LogP) is 4.24. The number of rotatable bonds is 4. The maximum atomic E-state index is 13.2. The van der Waals surface area contributed by atoms with Gasteiger partial charge in [0.1, 0.15) is 6.04 Å². The van der Waals surface area contributed by atoms with Crippen LogP contribution in [0.25, 0.3) is 21.9 Å². The lowest BCUT2D eigenvalue weighted by Gasteiger charge is -2.24. The number of nitrogens with one attached hydrogen (secondary N) is 1. The van der Waals surface area contributed by atoms with Gasteiger partial charge in [-0.25, -0.2) is 0 Å². The van der Waals surface area contributed by atoms with Gasteiger partial charge in [-0.3, -0.25) is 9.59 Å². The zero-order valence-corrected chi connectivity index (χ0v) is 16.2. The minimum absolute atomic E-state index is 0.308. The van der Waals surface area contributed by atoms with E-state index < -0.39 is 11.9 Å². The third kappa shape index (κ3) is 2.85. The van der Waals surface area contributed by atoms with E-state index in [4.69, 9.17) is 5.73 Å². The second kappa shape index (κ2) is 7.16. The third-order valence-electron chi connectivity index (χ3n) is 5.84. The van der Waals surface area contributed by atoms with Gasteiger partial charge in [0.2, 0.25) is 5.91 Å². The van der Waals surface area contributed by atoms with Crippen molar-refractivity contribution in [3.05, 3.63) is 108 Å². The summed E-state index contributed by atoms with van der Waals surface area (Å²) in [4.78, 5) is 25.8. The van der Waals surface area contributed by atoms with Gasteiger partial charge in [-0.2, -0.15) is 0 Å². The highest BCUT2D eigenvalue weighted by atomic mass is 16.2. The van der Waals surface area contributed by atoms with Crippen LogP contribution in [-0.4, -0.2) is 17.9 Å². The van der Waals surface area contributed by atoms with Gasteiger partial charge in [0.15, 0.2) is 0 Å². The Morgan fingerprint density at radius 1 is 0.733 bits per heavy atom. The van der Waals surface area contributed by atoms with E-state index in [2.05, 4.69) is 5.32 Å². The Labute approximate surface area is 174 Å². The van der Waals surface area contributed by atoms with Crippen molar-refractivity contribution in [1.29, 1.82) is 0 Å². The van der Waals surface area contributed by atoms with Crippen LogP contribution in [0.3, 0.4) is 0 Å². The largest absolute Gasteiger partial charge is 0.368 e. The van der Waals surface area contributed by atoms with Crippen LogP contribution in [0.4, 0.5) is 0 Å². The van der Waals surface area contributed by atoms with E-state index in [1.165, 1.54) is 0 Å². The van der Waals surface area contributed by atoms with Gasteiger partial charge in [-0.15, -0.1) is 0 Å². The lowest BCUT2D eigenvalue weighted by atomic mass is 9.88. The molecule has 0 aromatic heterocycles. The summed E-state index contributed by atoms with van der Waals surface area (Å²) in [6.45, 7) is 0. The molecule has 0 unspecified atom stereocenters. The molecule has 0 bridgehead atoms. The molecule has 3 N–H and O–H groups in total. The molecule has 4 aromatic rings. The summed E-state index contributed by atoms with van der Waals surface area (Å²) in [5, 5.41) is 4.75. The molecule has 30 heavy (non-hydrogen) atoms. The fourth-order valence-electron chi connectivity index (χ4n) is 4.51. The van der Waals surface area contributed by atoms with Crippen molar-refractivity contribution in [2.24, 2.45) is 5.73 Å². The molecule has 0 heterocycles. The molecule has 4 heteroatoms. The van der Waals surface area contributed by atoms with E-state index in [9.17, 15) is 9.59 Å². The molecule has 0 radical (unpaired) electrons. The topological polar surface area (TPSA) is 72.2 Å². The van der Waals surface area contributed by atoms with Gasteiger partial charge in [-0.05, 0) is 39.1 Å². The molecule has 0 saturated carbocycles. The molecule has 1 aliphatic rings. The monoisotopic (exact) mass is 392 g/mol. The van der Waals surface area contributed by atoms with Crippen molar-refractivity contribution < 1.29 is 9.59 Å². The fourth-order valence-corrected chi connectivity index (χ4v) is 4.51. The summed E-state index contributed by atoms with van der Waals surface area (Å²) in [6, 6.07) is 28.3.